The summed E-state index contributed by atoms with van der Waals surface area (Å²) in [5, 5.41) is 12.4. The second kappa shape index (κ2) is 8.39. The van der Waals surface area contributed by atoms with Crippen LogP contribution < -0.4 is 10.1 Å². The summed E-state index contributed by atoms with van der Waals surface area (Å²) in [7, 11) is 0. The summed E-state index contributed by atoms with van der Waals surface area (Å²) in [5.74, 6) is 0.962. The highest BCUT2D eigenvalue weighted by Gasteiger charge is 2.25. The predicted molar refractivity (Wildman–Crippen MR) is 85.2 cm³/mol. The van der Waals surface area contributed by atoms with E-state index >= 15 is 0 Å². The first-order valence-electron chi connectivity index (χ1n) is 7.47. The van der Waals surface area contributed by atoms with Gasteiger partial charge in [-0.15, -0.1) is 0 Å². The first-order chi connectivity index (χ1) is 10.2. The van der Waals surface area contributed by atoms with Crippen molar-refractivity contribution in [2.45, 2.75) is 38.1 Å². The molecule has 4 nitrogen and oxygen atoms in total. The third kappa shape index (κ3) is 5.32. The van der Waals surface area contributed by atoms with Gasteiger partial charge in [-0.2, -0.15) is 0 Å². The van der Waals surface area contributed by atoms with E-state index in [1.165, 1.54) is 0 Å². The maximum absolute atomic E-state index is 11.9. The van der Waals surface area contributed by atoms with Crippen molar-refractivity contribution in [2.24, 2.45) is 5.92 Å². The van der Waals surface area contributed by atoms with Crippen molar-refractivity contribution < 1.29 is 14.6 Å². The van der Waals surface area contributed by atoms with E-state index in [0.29, 0.717) is 13.0 Å². The summed E-state index contributed by atoms with van der Waals surface area (Å²) in [6.07, 6.45) is 4.56. The number of hydrogen-bond acceptors (Lipinski definition) is 3. The number of carbonyl (C=O) groups excluding carboxylic acids is 1. The number of aliphatic hydroxyl groups is 1. The van der Waals surface area contributed by atoms with Gasteiger partial charge in [-0.25, -0.2) is 0 Å². The Morgan fingerprint density at radius 3 is 2.71 bits per heavy atom. The molecule has 0 aliphatic heterocycles. The number of rotatable bonds is 6. The molecule has 2 rings (SSSR count). The minimum Gasteiger partial charge on any atom is -0.493 e. The molecule has 1 fully saturated rings. The third-order valence-corrected chi connectivity index (χ3v) is 4.43. The Hall–Kier alpha value is -1.07. The molecule has 0 radical (unpaired) electrons. The van der Waals surface area contributed by atoms with Gasteiger partial charge in [0.15, 0.2) is 0 Å². The summed E-state index contributed by atoms with van der Waals surface area (Å²) < 4.78 is 6.54. The van der Waals surface area contributed by atoms with Crippen molar-refractivity contribution in [1.29, 1.82) is 0 Å². The van der Waals surface area contributed by atoms with Crippen molar-refractivity contribution in [3.05, 3.63) is 28.7 Å². The number of ether oxygens (including phenoxy) is 1. The first kappa shape index (κ1) is 16.3. The van der Waals surface area contributed by atoms with Gasteiger partial charge in [0.2, 0.25) is 5.91 Å². The highest BCUT2D eigenvalue weighted by atomic mass is 79.9. The Balaban J connectivity index is 1.70. The Kier molecular flexibility index (Phi) is 6.51. The highest BCUT2D eigenvalue weighted by molar-refractivity contribution is 9.10. The van der Waals surface area contributed by atoms with Crippen LogP contribution in [0.2, 0.25) is 0 Å². The van der Waals surface area contributed by atoms with Gasteiger partial charge in [0, 0.05) is 23.0 Å². The second-order valence-corrected chi connectivity index (χ2v) is 6.37. The van der Waals surface area contributed by atoms with E-state index in [0.717, 1.165) is 35.9 Å². The molecule has 2 atom stereocenters. The zero-order chi connectivity index (χ0) is 15.1. The van der Waals surface area contributed by atoms with E-state index in [2.05, 4.69) is 21.2 Å². The minimum absolute atomic E-state index is 0.00235. The lowest BCUT2D eigenvalue weighted by atomic mass is 9.85. The Morgan fingerprint density at radius 2 is 2.00 bits per heavy atom. The Morgan fingerprint density at radius 1 is 1.29 bits per heavy atom. The standard InChI is InChI=1S/C16H22BrNO3/c17-13-5-7-14(8-6-13)21-10-9-16(20)18-15-4-2-1-3-12(15)11-19/h5-8,12,15,19H,1-4,9-11H2,(H,18,20). The number of nitrogens with one attached hydrogen (secondary N) is 1. The smallest absolute Gasteiger partial charge is 0.223 e. The molecule has 0 aromatic heterocycles. The van der Waals surface area contributed by atoms with Crippen LogP contribution in [0.3, 0.4) is 0 Å². The van der Waals surface area contributed by atoms with E-state index in [1.54, 1.807) is 0 Å². The molecule has 0 bridgehead atoms. The fourth-order valence-electron chi connectivity index (χ4n) is 2.69. The maximum Gasteiger partial charge on any atom is 0.223 e. The molecule has 116 valence electrons. The van der Waals surface area contributed by atoms with Gasteiger partial charge in [0.25, 0.3) is 0 Å². The molecule has 1 aromatic rings. The largest absolute Gasteiger partial charge is 0.493 e. The normalized spacial score (nSPS) is 21.8. The molecule has 5 heteroatoms. The zero-order valence-corrected chi connectivity index (χ0v) is 13.6. The minimum atomic E-state index is -0.00235. The molecule has 0 heterocycles. The van der Waals surface area contributed by atoms with E-state index in [4.69, 9.17) is 4.74 Å². The van der Waals surface area contributed by atoms with Gasteiger partial charge in [0.05, 0.1) is 13.0 Å². The SMILES string of the molecule is O=C(CCOc1ccc(Br)cc1)NC1CCCCC1CO. The van der Waals surface area contributed by atoms with Crippen LogP contribution >= 0.6 is 15.9 Å². The fourth-order valence-corrected chi connectivity index (χ4v) is 2.95. The summed E-state index contributed by atoms with van der Waals surface area (Å²) in [5.41, 5.74) is 0. The molecule has 1 amide bonds. The highest BCUT2D eigenvalue weighted by Crippen LogP contribution is 2.24. The molecule has 21 heavy (non-hydrogen) atoms. The first-order valence-corrected chi connectivity index (χ1v) is 8.27. The topological polar surface area (TPSA) is 58.6 Å². The fraction of sp³-hybridized carbons (Fsp3) is 0.562. The molecule has 1 aliphatic carbocycles. The Labute approximate surface area is 134 Å². The summed E-state index contributed by atoms with van der Waals surface area (Å²) >= 11 is 3.36. The third-order valence-electron chi connectivity index (χ3n) is 3.90. The van der Waals surface area contributed by atoms with Crippen LogP contribution in [0.25, 0.3) is 0 Å². The van der Waals surface area contributed by atoms with E-state index in [-0.39, 0.29) is 24.5 Å². The molecule has 0 saturated heterocycles. The van der Waals surface area contributed by atoms with Crippen LogP contribution in [0.15, 0.2) is 28.7 Å². The van der Waals surface area contributed by atoms with Gasteiger partial charge in [-0.1, -0.05) is 28.8 Å². The van der Waals surface area contributed by atoms with Crippen LogP contribution in [0.5, 0.6) is 5.75 Å². The number of benzene rings is 1. The number of hydrogen-bond donors (Lipinski definition) is 2. The molecule has 1 saturated carbocycles. The van der Waals surface area contributed by atoms with Crippen molar-refractivity contribution in [3.63, 3.8) is 0 Å². The number of amides is 1. The molecule has 2 unspecified atom stereocenters. The zero-order valence-electron chi connectivity index (χ0n) is 12.1. The van der Waals surface area contributed by atoms with Crippen molar-refractivity contribution in [1.82, 2.24) is 5.32 Å². The lowest BCUT2D eigenvalue weighted by Gasteiger charge is -2.30. The monoisotopic (exact) mass is 355 g/mol. The van der Waals surface area contributed by atoms with E-state index in [1.807, 2.05) is 24.3 Å². The average molecular weight is 356 g/mol. The van der Waals surface area contributed by atoms with Gasteiger partial charge in [0.1, 0.15) is 5.75 Å². The van der Waals surface area contributed by atoms with Crippen molar-refractivity contribution in [3.8, 4) is 5.75 Å². The lowest BCUT2D eigenvalue weighted by Crippen LogP contribution is -2.43. The number of carbonyl (C=O) groups is 1. The molecular weight excluding hydrogens is 334 g/mol. The lowest BCUT2D eigenvalue weighted by molar-refractivity contribution is -0.123. The number of halogens is 1. The van der Waals surface area contributed by atoms with Gasteiger partial charge >= 0.3 is 0 Å². The molecule has 0 spiro atoms. The van der Waals surface area contributed by atoms with Crippen LogP contribution in [0, 0.1) is 5.92 Å². The molecule has 1 aliphatic rings. The van der Waals surface area contributed by atoms with E-state index in [9.17, 15) is 9.90 Å². The molecule has 2 N–H and O–H groups in total. The summed E-state index contributed by atoms with van der Waals surface area (Å²) in [6, 6.07) is 7.66. The van der Waals surface area contributed by atoms with Crippen LogP contribution in [-0.2, 0) is 4.79 Å². The van der Waals surface area contributed by atoms with Crippen LogP contribution in [0.1, 0.15) is 32.1 Å². The summed E-state index contributed by atoms with van der Waals surface area (Å²) in [6.45, 7) is 0.518. The maximum atomic E-state index is 11.9. The summed E-state index contributed by atoms with van der Waals surface area (Å²) in [4.78, 5) is 11.9. The second-order valence-electron chi connectivity index (χ2n) is 5.45. The van der Waals surface area contributed by atoms with Crippen molar-refractivity contribution >= 4 is 21.8 Å². The molecule has 1 aromatic carbocycles. The van der Waals surface area contributed by atoms with Gasteiger partial charge < -0.3 is 15.2 Å². The van der Waals surface area contributed by atoms with Gasteiger partial charge in [-0.3, -0.25) is 4.79 Å². The quantitative estimate of drug-likeness (QED) is 0.824. The predicted octanol–water partition coefficient (Wildman–Crippen LogP) is 2.89. The average Bonchev–Trinajstić information content (AvgIpc) is 2.50. The van der Waals surface area contributed by atoms with Crippen LogP contribution in [0.4, 0.5) is 0 Å². The molecular formula is C16H22BrNO3. The van der Waals surface area contributed by atoms with Gasteiger partial charge in [-0.05, 0) is 37.1 Å². The number of aliphatic hydroxyl groups excluding tert-OH is 1. The van der Waals surface area contributed by atoms with Crippen molar-refractivity contribution in [2.75, 3.05) is 13.2 Å². The van der Waals surface area contributed by atoms with E-state index < -0.39 is 0 Å². The van der Waals surface area contributed by atoms with Crippen LogP contribution in [-0.4, -0.2) is 30.3 Å². The Bertz CT molecular complexity index is 449.